The number of methoxy groups -OCH3 is 1. The van der Waals surface area contributed by atoms with Crippen LogP contribution in [0, 0.1) is 0 Å². The first kappa shape index (κ1) is 43.9. The van der Waals surface area contributed by atoms with E-state index in [1.54, 1.807) is 54.1 Å². The number of benzene rings is 3. The molecule has 19 heteroatoms. The van der Waals surface area contributed by atoms with Crippen LogP contribution < -0.4 is 30.9 Å². The topological polar surface area (TPSA) is 185 Å². The quantitative estimate of drug-likeness (QED) is 0.0452. The van der Waals surface area contributed by atoms with Crippen molar-refractivity contribution >= 4 is 88.7 Å². The first-order valence-electron chi connectivity index (χ1n) is 20.0. The number of imide groups is 1. The lowest BCUT2D eigenvalue weighted by Gasteiger charge is -2.36. The van der Waals surface area contributed by atoms with E-state index in [1.807, 2.05) is 35.2 Å². The molecule has 3 aromatic carbocycles. The Morgan fingerprint density at radius 2 is 1.74 bits per heavy atom. The van der Waals surface area contributed by atoms with E-state index in [4.69, 9.17) is 25.4 Å². The van der Waals surface area contributed by atoms with E-state index in [9.17, 15) is 23.7 Å². The molecule has 0 aliphatic carbocycles. The first-order valence-corrected chi connectivity index (χ1v) is 22.9. The van der Waals surface area contributed by atoms with Gasteiger partial charge in [0.15, 0.2) is 5.82 Å². The molecule has 3 N–H and O–H groups in total. The number of aromatic nitrogens is 2. The van der Waals surface area contributed by atoms with Crippen LogP contribution in [0.4, 0.5) is 28.8 Å². The highest BCUT2D eigenvalue weighted by atomic mass is 35.5. The predicted molar refractivity (Wildman–Crippen MR) is 235 cm³/mol. The second-order valence-electron chi connectivity index (χ2n) is 14.6. The average molecular weight is 891 g/mol. The molecule has 1 atom stereocenters. The van der Waals surface area contributed by atoms with Gasteiger partial charge in [-0.3, -0.25) is 29.1 Å². The van der Waals surface area contributed by atoms with Crippen LogP contribution in [-0.4, -0.2) is 103 Å². The Hall–Kier alpha value is -5.19. The van der Waals surface area contributed by atoms with Crippen LogP contribution in [0.25, 0.3) is 0 Å². The smallest absolute Gasteiger partial charge is 0.362 e. The summed E-state index contributed by atoms with van der Waals surface area (Å²) in [4.78, 5) is 66.0. The lowest BCUT2D eigenvalue weighted by atomic mass is 10.0. The molecule has 16 nitrogen and oxygen atoms in total. The number of carbonyl (C=O) groups is 4. The summed E-state index contributed by atoms with van der Waals surface area (Å²) < 4.78 is 29.3. The molecule has 322 valence electrons. The second-order valence-corrected chi connectivity index (χ2v) is 18.4. The zero-order valence-electron chi connectivity index (χ0n) is 34.1. The van der Waals surface area contributed by atoms with Gasteiger partial charge in [0.05, 0.1) is 30.0 Å². The molecule has 3 aliphatic heterocycles. The number of amides is 4. The number of nitrogens with one attached hydrogen (secondary N) is 3. The molecule has 0 bridgehead atoms. The maximum Gasteiger partial charge on any atom is 0.362 e. The minimum atomic E-state index is -3.58. The highest BCUT2D eigenvalue weighted by molar-refractivity contribution is 7.99. The molecule has 1 aromatic heterocycles. The van der Waals surface area contributed by atoms with E-state index in [2.05, 4.69) is 30.8 Å². The van der Waals surface area contributed by atoms with E-state index in [-0.39, 0.29) is 40.9 Å². The highest BCUT2D eigenvalue weighted by Gasteiger charge is 2.40. The van der Waals surface area contributed by atoms with Gasteiger partial charge < -0.3 is 39.1 Å². The van der Waals surface area contributed by atoms with Crippen molar-refractivity contribution in [3.05, 3.63) is 83.0 Å². The fourth-order valence-electron chi connectivity index (χ4n) is 7.63. The summed E-state index contributed by atoms with van der Waals surface area (Å²) in [5, 5.41) is 9.26. The Bertz CT molecular complexity index is 2340. The largest absolute Gasteiger partial charge is 0.494 e. The Labute approximate surface area is 363 Å². The number of carbonyl (C=O) groups excluding carboxylic acids is 4. The number of ether oxygens (including phenoxy) is 1. The zero-order chi connectivity index (χ0) is 43.1. The molecule has 7 rings (SSSR count). The van der Waals surface area contributed by atoms with Gasteiger partial charge in [0.25, 0.3) is 5.91 Å². The number of piperidine rings is 1. The number of thioether (sulfide) groups is 1. The normalized spacial score (nSPS) is 16.7. The van der Waals surface area contributed by atoms with Crippen molar-refractivity contribution in [2.24, 2.45) is 0 Å². The molecule has 1 unspecified atom stereocenters. The van der Waals surface area contributed by atoms with Gasteiger partial charge in [0, 0.05) is 82.0 Å². The number of para-hydroxylation sites is 1. The number of halogens is 1. The summed E-state index contributed by atoms with van der Waals surface area (Å²) in [6.45, 7) is 2.95. The van der Waals surface area contributed by atoms with E-state index in [0.717, 1.165) is 41.2 Å². The second kappa shape index (κ2) is 19.7. The van der Waals surface area contributed by atoms with Crippen LogP contribution >= 0.6 is 31.0 Å². The highest BCUT2D eigenvalue weighted by Crippen LogP contribution is 2.47. The molecule has 4 amide bonds. The van der Waals surface area contributed by atoms with E-state index < -0.39 is 19.5 Å². The Morgan fingerprint density at radius 3 is 2.49 bits per heavy atom. The van der Waals surface area contributed by atoms with Crippen molar-refractivity contribution in [3.63, 3.8) is 0 Å². The lowest BCUT2D eigenvalue weighted by molar-refractivity contribution is -0.137. The third-order valence-corrected chi connectivity index (χ3v) is 14.3. The molecule has 0 saturated carbocycles. The first-order chi connectivity index (χ1) is 29.5. The van der Waals surface area contributed by atoms with Gasteiger partial charge in [-0.2, -0.15) is 4.98 Å². The number of nitrogens with zero attached hydrogens (tertiary/aromatic N) is 5. The molecular weight excluding hydrogens is 843 g/mol. The molecule has 0 spiro atoms. The van der Waals surface area contributed by atoms with Crippen molar-refractivity contribution < 1.29 is 37.5 Å². The van der Waals surface area contributed by atoms with Gasteiger partial charge in [-0.1, -0.05) is 36.2 Å². The zero-order valence-corrected chi connectivity index (χ0v) is 36.6. The lowest BCUT2D eigenvalue weighted by Crippen LogP contribution is -2.52. The maximum absolute atomic E-state index is 13.2. The summed E-state index contributed by atoms with van der Waals surface area (Å²) >= 11 is 8.15. The molecule has 2 saturated heterocycles. The Morgan fingerprint density at radius 1 is 0.951 bits per heavy atom. The molecule has 3 aliphatic rings. The van der Waals surface area contributed by atoms with Crippen molar-refractivity contribution in [3.8, 4) is 5.75 Å². The van der Waals surface area contributed by atoms with Gasteiger partial charge in [-0.25, -0.2) is 4.98 Å². The van der Waals surface area contributed by atoms with Gasteiger partial charge >= 0.3 is 7.60 Å². The van der Waals surface area contributed by atoms with Crippen molar-refractivity contribution in [1.29, 1.82) is 0 Å². The van der Waals surface area contributed by atoms with Crippen LogP contribution in [0.2, 0.25) is 5.02 Å². The van der Waals surface area contributed by atoms with Gasteiger partial charge in [0.1, 0.15) is 16.8 Å². The van der Waals surface area contributed by atoms with Crippen LogP contribution in [0.15, 0.2) is 71.8 Å². The molecule has 61 heavy (non-hydrogen) atoms. The SMILES string of the molecule is COc1cc(N2CCN(C(=O)CCCCCSc3cccc4c3CN(C3CCC(=O)NC3=O)C4=O)CC2)ccc1Nc1ncc(Cl)c(Nc2ccccc2P(=O)(OC)OC)n1. The summed E-state index contributed by atoms with van der Waals surface area (Å²) in [6.07, 6.45) is 5.15. The number of anilines is 5. The van der Waals surface area contributed by atoms with Crippen molar-refractivity contribution in [2.75, 3.05) is 68.8 Å². The van der Waals surface area contributed by atoms with Gasteiger partial charge in [-0.05, 0) is 67.0 Å². The number of piperazine rings is 1. The third kappa shape index (κ3) is 9.97. The molecule has 0 radical (unpaired) electrons. The monoisotopic (exact) mass is 890 g/mol. The van der Waals surface area contributed by atoms with E-state index >= 15 is 0 Å². The third-order valence-electron chi connectivity index (χ3n) is 10.9. The molecule has 2 fully saturated rings. The molecule has 4 aromatic rings. The Balaban J connectivity index is 0.859. The van der Waals surface area contributed by atoms with Crippen LogP contribution in [0.1, 0.15) is 54.4 Å². The number of hydrogen-bond acceptors (Lipinski definition) is 14. The predicted octanol–water partition coefficient (Wildman–Crippen LogP) is 6.50. The maximum atomic E-state index is 13.2. The van der Waals surface area contributed by atoms with Crippen LogP contribution in [-0.2, 0) is 34.5 Å². The standard InChI is InChI=1S/C42H48ClN8O8PS/c1-57-34-24-27(15-16-31(34)46-42-44-25-30(43)39(48-42)45-32-11-6-7-12-35(32)60(56,58-2)59-3)49-19-21-50(22-20-49)38(53)14-5-4-8-23-61-36-13-9-10-28-29(36)26-51(41(28)55)33-17-18-37(52)47-40(33)54/h6-7,9-13,15-16,24-25,33H,4-5,8,14,17-23,26H2,1-3H3,(H,47,52,54)(H2,44,45,46,48). The van der Waals surface area contributed by atoms with E-state index in [1.165, 1.54) is 20.4 Å². The average Bonchev–Trinajstić information content (AvgIpc) is 3.62. The summed E-state index contributed by atoms with van der Waals surface area (Å²) in [5.41, 5.74) is 3.59. The van der Waals surface area contributed by atoms with Crippen LogP contribution in [0.3, 0.4) is 0 Å². The molecular formula is C42H48ClN8O8PS. The fraction of sp³-hybridized carbons (Fsp3) is 0.381. The Kier molecular flexibility index (Phi) is 14.2. The van der Waals surface area contributed by atoms with Crippen LogP contribution in [0.5, 0.6) is 5.75 Å². The number of hydrogen-bond donors (Lipinski definition) is 3. The van der Waals surface area contributed by atoms with E-state index in [0.29, 0.717) is 73.6 Å². The number of unbranched alkanes of at least 4 members (excludes halogenated alkanes) is 2. The minimum absolute atomic E-state index is 0.157. The summed E-state index contributed by atoms with van der Waals surface area (Å²) in [5.74, 6) is 1.23. The molecule has 4 heterocycles. The van der Waals surface area contributed by atoms with Gasteiger partial charge in [0.2, 0.25) is 23.7 Å². The number of rotatable bonds is 17. The number of fused-ring (bicyclic) bond motifs is 1. The van der Waals surface area contributed by atoms with Gasteiger partial charge in [-0.15, -0.1) is 11.8 Å². The minimum Gasteiger partial charge on any atom is -0.494 e. The summed E-state index contributed by atoms with van der Waals surface area (Å²) in [6, 6.07) is 17.7. The summed E-state index contributed by atoms with van der Waals surface area (Å²) in [7, 11) is 0.651. The van der Waals surface area contributed by atoms with Crippen molar-refractivity contribution in [2.45, 2.75) is 56.0 Å². The fourth-order valence-corrected chi connectivity index (χ4v) is 10.1. The van der Waals surface area contributed by atoms with Crippen molar-refractivity contribution in [1.82, 2.24) is 25.1 Å².